The first-order valence-corrected chi connectivity index (χ1v) is 9.42. The van der Waals surface area contributed by atoms with Crippen molar-refractivity contribution in [3.8, 4) is 0 Å². The summed E-state index contributed by atoms with van der Waals surface area (Å²) in [6, 6.07) is 11.2. The molecule has 120 valence electrons. The normalized spacial score (nSPS) is 14.4. The van der Waals surface area contributed by atoms with Crippen LogP contribution in [0.25, 0.3) is 0 Å². The molecular weight excluding hydrogens is 334 g/mol. The summed E-state index contributed by atoms with van der Waals surface area (Å²) in [7, 11) is -3.65. The van der Waals surface area contributed by atoms with Gasteiger partial charge in [-0.25, -0.2) is 13.2 Å². The number of carboxylic acid groups (broad SMARTS) is 1. The van der Waals surface area contributed by atoms with Crippen LogP contribution < -0.4 is 4.31 Å². The summed E-state index contributed by atoms with van der Waals surface area (Å²) in [5.41, 5.74) is 1.68. The average molecular weight is 349 g/mol. The number of aromatic carboxylic acids is 1. The number of carboxylic acids is 1. The third-order valence-electron chi connectivity index (χ3n) is 3.64. The van der Waals surface area contributed by atoms with Crippen LogP contribution in [0.2, 0.25) is 0 Å². The molecule has 23 heavy (non-hydrogen) atoms. The Balaban J connectivity index is 2.06. The zero-order valence-corrected chi connectivity index (χ0v) is 14.0. The first-order valence-electron chi connectivity index (χ1n) is 6.99. The molecule has 0 aliphatic carbocycles. The highest BCUT2D eigenvalue weighted by Gasteiger charge is 2.29. The number of anilines is 1. The molecule has 1 aliphatic rings. The van der Waals surface area contributed by atoms with Crippen molar-refractivity contribution < 1.29 is 18.3 Å². The predicted molar refractivity (Wildman–Crippen MR) is 89.8 cm³/mol. The SMILES string of the molecule is Cc1ccc(S(=O)(=O)N2CCSc3cc(C(=O)O)ccc32)cc1. The maximum Gasteiger partial charge on any atom is 0.335 e. The van der Waals surface area contributed by atoms with Crippen molar-refractivity contribution in [3.63, 3.8) is 0 Å². The number of hydrogen-bond donors (Lipinski definition) is 1. The Labute approximate surface area is 139 Å². The van der Waals surface area contributed by atoms with E-state index in [0.29, 0.717) is 22.9 Å². The molecule has 0 aromatic heterocycles. The van der Waals surface area contributed by atoms with Gasteiger partial charge in [0, 0.05) is 17.2 Å². The van der Waals surface area contributed by atoms with E-state index in [1.807, 2.05) is 6.92 Å². The first kappa shape index (κ1) is 15.9. The number of nitrogens with zero attached hydrogens (tertiary/aromatic N) is 1. The third-order valence-corrected chi connectivity index (χ3v) is 6.49. The van der Waals surface area contributed by atoms with E-state index in [2.05, 4.69) is 0 Å². The third kappa shape index (κ3) is 2.94. The molecule has 1 aliphatic heterocycles. The van der Waals surface area contributed by atoms with Gasteiger partial charge in [-0.2, -0.15) is 0 Å². The average Bonchev–Trinajstić information content (AvgIpc) is 2.54. The summed E-state index contributed by atoms with van der Waals surface area (Å²) in [6.45, 7) is 2.26. The van der Waals surface area contributed by atoms with Crippen LogP contribution in [0.4, 0.5) is 5.69 Å². The molecule has 2 aromatic rings. The van der Waals surface area contributed by atoms with Crippen LogP contribution in [0.5, 0.6) is 0 Å². The summed E-state index contributed by atoms with van der Waals surface area (Å²) < 4.78 is 27.1. The minimum atomic E-state index is -3.65. The molecule has 0 radical (unpaired) electrons. The van der Waals surface area contributed by atoms with E-state index in [1.54, 1.807) is 30.3 Å². The fourth-order valence-corrected chi connectivity index (χ4v) is 5.10. The van der Waals surface area contributed by atoms with Crippen molar-refractivity contribution >= 4 is 33.4 Å². The molecule has 3 rings (SSSR count). The summed E-state index contributed by atoms with van der Waals surface area (Å²) >= 11 is 1.47. The Morgan fingerprint density at radius 3 is 2.52 bits per heavy atom. The zero-order chi connectivity index (χ0) is 16.6. The van der Waals surface area contributed by atoms with Gasteiger partial charge < -0.3 is 5.11 Å². The van der Waals surface area contributed by atoms with E-state index in [-0.39, 0.29) is 10.5 Å². The molecular formula is C16H15NO4S2. The van der Waals surface area contributed by atoms with Gasteiger partial charge in [0.2, 0.25) is 0 Å². The van der Waals surface area contributed by atoms with Crippen LogP contribution in [0.15, 0.2) is 52.3 Å². The fraction of sp³-hybridized carbons (Fsp3) is 0.188. The molecule has 0 spiro atoms. The van der Waals surface area contributed by atoms with Crippen molar-refractivity contribution in [2.45, 2.75) is 16.7 Å². The predicted octanol–water partition coefficient (Wildman–Crippen LogP) is 2.99. The summed E-state index contributed by atoms with van der Waals surface area (Å²) in [6.07, 6.45) is 0. The van der Waals surface area contributed by atoms with Gasteiger partial charge in [-0.1, -0.05) is 17.7 Å². The lowest BCUT2D eigenvalue weighted by molar-refractivity contribution is 0.0696. The van der Waals surface area contributed by atoms with Crippen LogP contribution >= 0.6 is 11.8 Å². The quantitative estimate of drug-likeness (QED) is 0.922. The maximum absolute atomic E-state index is 12.9. The van der Waals surface area contributed by atoms with Crippen LogP contribution in [0.3, 0.4) is 0 Å². The van der Waals surface area contributed by atoms with Crippen LogP contribution in [0.1, 0.15) is 15.9 Å². The second-order valence-corrected chi connectivity index (χ2v) is 8.23. The van der Waals surface area contributed by atoms with E-state index in [4.69, 9.17) is 5.11 Å². The Hall–Kier alpha value is -1.99. The van der Waals surface area contributed by atoms with E-state index in [0.717, 1.165) is 5.56 Å². The van der Waals surface area contributed by atoms with Crippen LogP contribution in [-0.2, 0) is 10.0 Å². The molecule has 2 aromatic carbocycles. The highest BCUT2D eigenvalue weighted by Crippen LogP contribution is 2.38. The van der Waals surface area contributed by atoms with Gasteiger partial charge in [0.15, 0.2) is 0 Å². The van der Waals surface area contributed by atoms with Gasteiger partial charge in [-0.3, -0.25) is 4.31 Å². The number of aryl methyl sites for hydroxylation is 1. The number of hydrogen-bond acceptors (Lipinski definition) is 4. The maximum atomic E-state index is 12.9. The number of fused-ring (bicyclic) bond motifs is 1. The van der Waals surface area contributed by atoms with Gasteiger partial charge in [0.1, 0.15) is 0 Å². The number of benzene rings is 2. The minimum absolute atomic E-state index is 0.158. The summed E-state index contributed by atoms with van der Waals surface area (Å²) in [5, 5.41) is 9.08. The van der Waals surface area contributed by atoms with Gasteiger partial charge >= 0.3 is 5.97 Å². The fourth-order valence-electron chi connectivity index (χ4n) is 2.41. The van der Waals surface area contributed by atoms with E-state index >= 15 is 0 Å². The molecule has 1 N–H and O–H groups in total. The molecule has 0 fully saturated rings. The molecule has 0 bridgehead atoms. The zero-order valence-electron chi connectivity index (χ0n) is 12.4. The number of rotatable bonds is 3. The molecule has 0 atom stereocenters. The van der Waals surface area contributed by atoms with Crippen LogP contribution in [0, 0.1) is 6.92 Å². The lowest BCUT2D eigenvalue weighted by Crippen LogP contribution is -2.35. The second-order valence-electron chi connectivity index (χ2n) is 5.23. The lowest BCUT2D eigenvalue weighted by Gasteiger charge is -2.30. The van der Waals surface area contributed by atoms with Gasteiger partial charge in [-0.15, -0.1) is 11.8 Å². The molecule has 5 nitrogen and oxygen atoms in total. The van der Waals surface area contributed by atoms with E-state index in [1.165, 1.54) is 28.2 Å². The molecule has 0 amide bonds. The summed E-state index contributed by atoms with van der Waals surface area (Å²) in [4.78, 5) is 12.0. The standard InChI is InChI=1S/C16H15NO4S2/c1-11-2-5-13(6-3-11)23(20,21)17-8-9-22-15-10-12(16(18)19)4-7-14(15)17/h2-7,10H,8-9H2,1H3,(H,18,19). The Bertz CT molecular complexity index is 860. The Morgan fingerprint density at radius 1 is 1.17 bits per heavy atom. The van der Waals surface area contributed by atoms with Crippen molar-refractivity contribution in [3.05, 3.63) is 53.6 Å². The topological polar surface area (TPSA) is 74.7 Å². The Morgan fingerprint density at radius 2 is 1.87 bits per heavy atom. The smallest absolute Gasteiger partial charge is 0.335 e. The van der Waals surface area contributed by atoms with Crippen molar-refractivity contribution in [2.24, 2.45) is 0 Å². The molecule has 0 saturated heterocycles. The van der Waals surface area contributed by atoms with Gasteiger partial charge in [0.05, 0.1) is 16.1 Å². The van der Waals surface area contributed by atoms with Crippen LogP contribution in [-0.4, -0.2) is 31.8 Å². The van der Waals surface area contributed by atoms with Crippen molar-refractivity contribution in [1.29, 1.82) is 0 Å². The number of carbonyl (C=O) groups is 1. The number of sulfonamides is 1. The highest BCUT2D eigenvalue weighted by atomic mass is 32.2. The van der Waals surface area contributed by atoms with Gasteiger partial charge in [0.25, 0.3) is 10.0 Å². The highest BCUT2D eigenvalue weighted by molar-refractivity contribution is 8.00. The monoisotopic (exact) mass is 349 g/mol. The molecule has 0 saturated carbocycles. The molecule has 7 heteroatoms. The van der Waals surface area contributed by atoms with Crippen molar-refractivity contribution in [2.75, 3.05) is 16.6 Å². The lowest BCUT2D eigenvalue weighted by atomic mass is 10.2. The Kier molecular flexibility index (Phi) is 4.08. The molecule has 1 heterocycles. The number of thioether (sulfide) groups is 1. The minimum Gasteiger partial charge on any atom is -0.478 e. The van der Waals surface area contributed by atoms with E-state index in [9.17, 15) is 13.2 Å². The largest absolute Gasteiger partial charge is 0.478 e. The van der Waals surface area contributed by atoms with E-state index < -0.39 is 16.0 Å². The summed E-state index contributed by atoms with van der Waals surface area (Å²) in [5.74, 6) is -0.437. The first-order chi connectivity index (χ1) is 10.9. The second kappa shape index (κ2) is 5.90. The molecule has 0 unspecified atom stereocenters. The van der Waals surface area contributed by atoms with Gasteiger partial charge in [-0.05, 0) is 37.3 Å². The van der Waals surface area contributed by atoms with Crippen molar-refractivity contribution in [1.82, 2.24) is 0 Å².